The Morgan fingerprint density at radius 1 is 1.38 bits per heavy atom. The topological polar surface area (TPSA) is 81.4 Å². The summed E-state index contributed by atoms with van der Waals surface area (Å²) in [6.07, 6.45) is 0.231. The van der Waals surface area contributed by atoms with Crippen LogP contribution in [0.3, 0.4) is 0 Å². The van der Waals surface area contributed by atoms with Crippen LogP contribution in [0.1, 0.15) is 13.3 Å². The van der Waals surface area contributed by atoms with Crippen molar-refractivity contribution >= 4 is 34.7 Å². The lowest BCUT2D eigenvalue weighted by atomic mass is 10.3. The van der Waals surface area contributed by atoms with Gasteiger partial charge in [-0.05, 0) is 19.1 Å². The van der Waals surface area contributed by atoms with Gasteiger partial charge in [0.25, 0.3) is 0 Å². The van der Waals surface area contributed by atoms with Crippen LogP contribution in [-0.4, -0.2) is 39.0 Å². The Morgan fingerprint density at radius 2 is 2.14 bits per heavy atom. The number of fused-ring (bicyclic) bond motifs is 1. The van der Waals surface area contributed by atoms with E-state index < -0.39 is 5.97 Å². The van der Waals surface area contributed by atoms with Gasteiger partial charge in [-0.1, -0.05) is 23.9 Å². The van der Waals surface area contributed by atoms with E-state index in [9.17, 15) is 9.59 Å². The smallest absolute Gasteiger partial charge is 0.313 e. The third-order valence-electron chi connectivity index (χ3n) is 2.79. The monoisotopic (exact) mass is 308 g/mol. The molecule has 0 atom stereocenters. The molecule has 0 bridgehead atoms. The lowest BCUT2D eigenvalue weighted by Gasteiger charge is -2.07. The van der Waals surface area contributed by atoms with Crippen molar-refractivity contribution in [3.63, 3.8) is 0 Å². The van der Waals surface area contributed by atoms with Gasteiger partial charge in [-0.15, -0.1) is 0 Å². The van der Waals surface area contributed by atoms with Crippen LogP contribution < -0.4 is 0 Å². The van der Waals surface area contributed by atoms with Crippen LogP contribution in [0.25, 0.3) is 11.0 Å². The van der Waals surface area contributed by atoms with Crippen molar-refractivity contribution in [3.05, 3.63) is 24.3 Å². The summed E-state index contributed by atoms with van der Waals surface area (Å²) < 4.78 is 6.78. The minimum Gasteiger partial charge on any atom is -0.481 e. The first-order valence-electron chi connectivity index (χ1n) is 6.57. The summed E-state index contributed by atoms with van der Waals surface area (Å²) in [5.41, 5.74) is 1.67. The third-order valence-corrected chi connectivity index (χ3v) is 3.75. The molecule has 6 nitrogen and oxygen atoms in total. The molecule has 112 valence electrons. The molecule has 0 saturated carbocycles. The number of aliphatic carboxylic acids is 1. The van der Waals surface area contributed by atoms with Crippen LogP contribution in [0, 0.1) is 0 Å². The van der Waals surface area contributed by atoms with Gasteiger partial charge in [0.1, 0.15) is 0 Å². The quantitative estimate of drug-likeness (QED) is 0.623. The van der Waals surface area contributed by atoms with Crippen molar-refractivity contribution < 1.29 is 19.4 Å². The fourth-order valence-corrected chi connectivity index (χ4v) is 2.70. The summed E-state index contributed by atoms with van der Waals surface area (Å²) in [6, 6.07) is 7.52. The summed E-state index contributed by atoms with van der Waals surface area (Å²) in [5.74, 6) is -1.24. The number of aromatic nitrogens is 2. The Kier molecular flexibility index (Phi) is 5.21. The molecule has 7 heteroatoms. The minimum atomic E-state index is -0.899. The summed E-state index contributed by atoms with van der Waals surface area (Å²) in [4.78, 5) is 26.6. The van der Waals surface area contributed by atoms with Crippen molar-refractivity contribution in [2.45, 2.75) is 25.0 Å². The van der Waals surface area contributed by atoms with E-state index in [1.165, 1.54) is 0 Å². The van der Waals surface area contributed by atoms with Gasteiger partial charge in [-0.25, -0.2) is 4.98 Å². The Hall–Kier alpha value is -2.02. The molecule has 2 aromatic rings. The number of hydrogen-bond acceptors (Lipinski definition) is 5. The highest BCUT2D eigenvalue weighted by Crippen LogP contribution is 2.24. The van der Waals surface area contributed by atoms with Crippen molar-refractivity contribution in [3.8, 4) is 0 Å². The first-order valence-corrected chi connectivity index (χ1v) is 7.56. The zero-order valence-corrected chi connectivity index (χ0v) is 12.4. The Labute approximate surface area is 126 Å². The predicted molar refractivity (Wildman–Crippen MR) is 79.3 cm³/mol. The van der Waals surface area contributed by atoms with Gasteiger partial charge in [0, 0.05) is 6.54 Å². The van der Waals surface area contributed by atoms with Gasteiger partial charge in [-0.2, -0.15) is 0 Å². The summed E-state index contributed by atoms with van der Waals surface area (Å²) in [5, 5.41) is 9.40. The maximum absolute atomic E-state index is 11.5. The maximum Gasteiger partial charge on any atom is 0.313 e. The van der Waals surface area contributed by atoms with Gasteiger partial charge in [-0.3, -0.25) is 9.59 Å². The van der Waals surface area contributed by atoms with Gasteiger partial charge < -0.3 is 14.4 Å². The van der Waals surface area contributed by atoms with Crippen molar-refractivity contribution in [1.29, 1.82) is 0 Å². The van der Waals surface area contributed by atoms with E-state index in [1.54, 1.807) is 6.92 Å². The molecule has 0 aliphatic carbocycles. The van der Waals surface area contributed by atoms with Crippen LogP contribution in [0.15, 0.2) is 29.4 Å². The van der Waals surface area contributed by atoms with Crippen LogP contribution >= 0.6 is 11.8 Å². The fraction of sp³-hybridized carbons (Fsp3) is 0.357. The number of ether oxygens (including phenoxy) is 1. The zero-order chi connectivity index (χ0) is 15.2. The second-order valence-electron chi connectivity index (χ2n) is 4.27. The first-order chi connectivity index (χ1) is 10.1. The molecule has 0 fully saturated rings. The fourth-order valence-electron chi connectivity index (χ4n) is 1.94. The van der Waals surface area contributed by atoms with E-state index >= 15 is 0 Å². The normalized spacial score (nSPS) is 10.7. The standard InChI is InChI=1S/C14H16N2O4S/c1-2-20-13(19)7-8-16-11-6-4-3-5-10(11)15-14(16)21-9-12(17)18/h3-6H,2,7-9H2,1H3,(H,17,18). The number of aryl methyl sites for hydroxylation is 1. The molecule has 0 aliphatic rings. The Balaban J connectivity index is 2.22. The van der Waals surface area contributed by atoms with Crippen LogP contribution in [0.2, 0.25) is 0 Å². The van der Waals surface area contributed by atoms with Crippen molar-refractivity contribution in [2.24, 2.45) is 0 Å². The molecule has 0 aliphatic heterocycles. The predicted octanol–water partition coefficient (Wildman–Crippen LogP) is 2.17. The molecule has 2 rings (SSSR count). The highest BCUT2D eigenvalue weighted by molar-refractivity contribution is 7.99. The number of carboxylic acids is 1. The number of para-hydroxylation sites is 2. The lowest BCUT2D eigenvalue weighted by Crippen LogP contribution is -2.10. The van der Waals surface area contributed by atoms with E-state index in [1.807, 2.05) is 28.8 Å². The number of imidazole rings is 1. The number of rotatable bonds is 7. The largest absolute Gasteiger partial charge is 0.481 e. The molecule has 1 aromatic carbocycles. The van der Waals surface area contributed by atoms with Gasteiger partial charge in [0.2, 0.25) is 0 Å². The molecule has 0 unspecified atom stereocenters. The van der Waals surface area contributed by atoms with E-state index in [0.717, 1.165) is 22.8 Å². The molecule has 0 saturated heterocycles. The molecular weight excluding hydrogens is 292 g/mol. The van der Waals surface area contributed by atoms with Gasteiger partial charge in [0.05, 0.1) is 29.8 Å². The number of esters is 1. The SMILES string of the molecule is CCOC(=O)CCn1c(SCC(=O)O)nc2ccccc21. The third kappa shape index (κ3) is 3.98. The van der Waals surface area contributed by atoms with Gasteiger partial charge in [0.15, 0.2) is 5.16 Å². The summed E-state index contributed by atoms with van der Waals surface area (Å²) >= 11 is 1.15. The van der Waals surface area contributed by atoms with Crippen LogP contribution in [0.5, 0.6) is 0 Å². The molecule has 0 radical (unpaired) electrons. The second kappa shape index (κ2) is 7.12. The van der Waals surface area contributed by atoms with E-state index in [2.05, 4.69) is 4.98 Å². The Bertz CT molecular complexity index is 653. The average molecular weight is 308 g/mol. The molecule has 1 aromatic heterocycles. The van der Waals surface area contributed by atoms with E-state index in [-0.39, 0.29) is 18.1 Å². The van der Waals surface area contributed by atoms with Crippen molar-refractivity contribution in [1.82, 2.24) is 9.55 Å². The summed E-state index contributed by atoms with van der Waals surface area (Å²) in [7, 11) is 0. The molecule has 1 N–H and O–H groups in total. The number of thioether (sulfide) groups is 1. The van der Waals surface area contributed by atoms with E-state index in [0.29, 0.717) is 18.3 Å². The molecule has 0 spiro atoms. The summed E-state index contributed by atoms with van der Waals surface area (Å²) in [6.45, 7) is 2.53. The lowest BCUT2D eigenvalue weighted by molar-refractivity contribution is -0.143. The number of carbonyl (C=O) groups excluding carboxylic acids is 1. The van der Waals surface area contributed by atoms with Crippen LogP contribution in [0.4, 0.5) is 0 Å². The number of carbonyl (C=O) groups is 2. The zero-order valence-electron chi connectivity index (χ0n) is 11.6. The molecular formula is C14H16N2O4S. The molecule has 21 heavy (non-hydrogen) atoms. The molecule has 0 amide bonds. The number of carboxylic acid groups (broad SMARTS) is 1. The second-order valence-corrected chi connectivity index (χ2v) is 5.21. The minimum absolute atomic E-state index is 0.0667. The van der Waals surface area contributed by atoms with E-state index in [4.69, 9.17) is 9.84 Å². The number of hydrogen-bond donors (Lipinski definition) is 1. The van der Waals surface area contributed by atoms with Crippen molar-refractivity contribution in [2.75, 3.05) is 12.4 Å². The average Bonchev–Trinajstić information content (AvgIpc) is 2.81. The molecule has 1 heterocycles. The number of nitrogens with zero attached hydrogens (tertiary/aromatic N) is 2. The van der Waals surface area contributed by atoms with Crippen LogP contribution in [-0.2, 0) is 20.9 Å². The highest BCUT2D eigenvalue weighted by Gasteiger charge is 2.13. The Morgan fingerprint density at radius 3 is 2.86 bits per heavy atom. The first kappa shape index (κ1) is 15.4. The maximum atomic E-state index is 11.5. The number of benzene rings is 1. The highest BCUT2D eigenvalue weighted by atomic mass is 32.2. The van der Waals surface area contributed by atoms with Gasteiger partial charge >= 0.3 is 11.9 Å².